The van der Waals surface area contributed by atoms with Crippen molar-refractivity contribution in [3.8, 4) is 0 Å². The van der Waals surface area contributed by atoms with E-state index in [9.17, 15) is 14.7 Å². The average Bonchev–Trinajstić information content (AvgIpc) is 3.05. The third kappa shape index (κ3) is 3.65. The normalized spacial score (nSPS) is 22.7. The maximum atomic E-state index is 12.5. The second-order valence-electron chi connectivity index (χ2n) is 6.10. The molecule has 0 aliphatic carbocycles. The van der Waals surface area contributed by atoms with E-state index in [1.807, 2.05) is 19.9 Å². The molecule has 1 saturated heterocycles. The Kier molecular flexibility index (Phi) is 5.18. The van der Waals surface area contributed by atoms with Gasteiger partial charge < -0.3 is 15.2 Å². The highest BCUT2D eigenvalue weighted by molar-refractivity contribution is 5.85. The van der Waals surface area contributed by atoms with E-state index in [0.29, 0.717) is 19.4 Å². The molecule has 1 aromatic heterocycles. The van der Waals surface area contributed by atoms with Gasteiger partial charge in [-0.3, -0.25) is 9.48 Å². The quantitative estimate of drug-likeness (QED) is 0.821. The second kappa shape index (κ2) is 6.91. The molecule has 1 aliphatic rings. The predicted molar refractivity (Wildman–Crippen MR) is 79.0 cm³/mol. The maximum Gasteiger partial charge on any atom is 0.326 e. The summed E-state index contributed by atoms with van der Waals surface area (Å²) in [5.74, 6) is -1.46. The Balaban J connectivity index is 2.07. The smallest absolute Gasteiger partial charge is 0.326 e. The molecule has 22 heavy (non-hydrogen) atoms. The van der Waals surface area contributed by atoms with Crippen LogP contribution in [0.5, 0.6) is 0 Å². The summed E-state index contributed by atoms with van der Waals surface area (Å²) in [5.41, 5.74) is 0.827. The molecule has 7 heteroatoms. The molecule has 0 aromatic carbocycles. The Morgan fingerprint density at radius 1 is 1.55 bits per heavy atom. The number of nitrogens with zero attached hydrogens (tertiary/aromatic N) is 2. The molecule has 2 heterocycles. The molecule has 3 atom stereocenters. The van der Waals surface area contributed by atoms with E-state index < -0.39 is 12.0 Å². The molecule has 2 N–H and O–H groups in total. The van der Waals surface area contributed by atoms with Crippen LogP contribution in [0, 0.1) is 11.8 Å². The fourth-order valence-electron chi connectivity index (χ4n) is 2.78. The number of ether oxygens (including phenoxy) is 1. The third-order valence-corrected chi connectivity index (χ3v) is 3.90. The van der Waals surface area contributed by atoms with Gasteiger partial charge in [0.1, 0.15) is 12.1 Å². The Morgan fingerprint density at radius 3 is 2.82 bits per heavy atom. The van der Waals surface area contributed by atoms with E-state index in [-0.39, 0.29) is 23.8 Å². The summed E-state index contributed by atoms with van der Waals surface area (Å²) in [7, 11) is 1.80. The zero-order valence-corrected chi connectivity index (χ0v) is 13.2. The van der Waals surface area contributed by atoms with Crippen LogP contribution < -0.4 is 5.32 Å². The minimum Gasteiger partial charge on any atom is -0.480 e. The van der Waals surface area contributed by atoms with E-state index in [4.69, 9.17) is 4.74 Å². The van der Waals surface area contributed by atoms with Gasteiger partial charge in [-0.15, -0.1) is 0 Å². The van der Waals surface area contributed by atoms with Crippen LogP contribution in [0.2, 0.25) is 0 Å². The zero-order chi connectivity index (χ0) is 16.3. The minimum absolute atomic E-state index is 0.189. The van der Waals surface area contributed by atoms with E-state index in [1.54, 1.807) is 17.9 Å². The van der Waals surface area contributed by atoms with Gasteiger partial charge in [-0.1, -0.05) is 13.8 Å². The fraction of sp³-hybridized carbons (Fsp3) is 0.667. The summed E-state index contributed by atoms with van der Waals surface area (Å²) < 4.78 is 7.35. The zero-order valence-electron chi connectivity index (χ0n) is 13.2. The second-order valence-corrected chi connectivity index (χ2v) is 6.10. The number of aromatic nitrogens is 2. The van der Waals surface area contributed by atoms with Crippen molar-refractivity contribution in [3.63, 3.8) is 0 Å². The number of hydrogen-bond acceptors (Lipinski definition) is 4. The van der Waals surface area contributed by atoms with Crippen molar-refractivity contribution in [3.05, 3.63) is 18.0 Å². The molecule has 0 bridgehead atoms. The number of carboxylic acids is 1. The summed E-state index contributed by atoms with van der Waals surface area (Å²) in [4.78, 5) is 23.8. The number of amides is 1. The molecule has 122 valence electrons. The highest BCUT2D eigenvalue weighted by Gasteiger charge is 2.38. The summed E-state index contributed by atoms with van der Waals surface area (Å²) in [5, 5.41) is 16.0. The number of aliphatic carboxylic acids is 1. The van der Waals surface area contributed by atoms with Crippen LogP contribution >= 0.6 is 0 Å². The standard InChI is InChI=1S/C15H23N3O4/c1-9(2)8-11(15(20)21)17-14(19)10-5-7-22-13(10)12-4-6-16-18(12)3/h4,6,9-11,13H,5,7-8H2,1-3H3,(H,17,19)(H,20,21)/t10-,11-,13-/m1/s1. The molecule has 2 rings (SSSR count). The number of carbonyl (C=O) groups is 2. The monoisotopic (exact) mass is 309 g/mol. The van der Waals surface area contributed by atoms with Crippen LogP contribution in [0.4, 0.5) is 0 Å². The van der Waals surface area contributed by atoms with Crippen molar-refractivity contribution in [2.45, 2.75) is 38.8 Å². The van der Waals surface area contributed by atoms with Crippen LogP contribution in [0.15, 0.2) is 12.3 Å². The number of nitrogens with one attached hydrogen (secondary N) is 1. The maximum absolute atomic E-state index is 12.5. The Labute approximate surface area is 129 Å². The molecule has 0 saturated carbocycles. The SMILES string of the molecule is CC(C)C[C@@H](NC(=O)[C@@H]1CCO[C@H]1c1ccnn1C)C(=O)O. The Morgan fingerprint density at radius 2 is 2.27 bits per heavy atom. The lowest BCUT2D eigenvalue weighted by Gasteiger charge is -2.22. The van der Waals surface area contributed by atoms with Crippen LogP contribution in [0.3, 0.4) is 0 Å². The fourth-order valence-corrected chi connectivity index (χ4v) is 2.78. The number of hydrogen-bond donors (Lipinski definition) is 2. The first-order chi connectivity index (χ1) is 10.4. The molecule has 1 aliphatic heterocycles. The lowest BCUT2D eigenvalue weighted by molar-refractivity contribution is -0.143. The van der Waals surface area contributed by atoms with E-state index in [0.717, 1.165) is 5.69 Å². The van der Waals surface area contributed by atoms with Crippen LogP contribution in [-0.4, -0.2) is 39.4 Å². The summed E-state index contributed by atoms with van der Waals surface area (Å²) in [6, 6.07) is 0.958. The first-order valence-electron chi connectivity index (χ1n) is 7.52. The van der Waals surface area contributed by atoms with Gasteiger partial charge in [0.25, 0.3) is 0 Å². The van der Waals surface area contributed by atoms with Crippen LogP contribution in [-0.2, 0) is 21.4 Å². The van der Waals surface area contributed by atoms with Crippen molar-refractivity contribution >= 4 is 11.9 Å². The molecule has 7 nitrogen and oxygen atoms in total. The Bertz CT molecular complexity index is 541. The van der Waals surface area contributed by atoms with Gasteiger partial charge in [-0.25, -0.2) is 4.79 Å². The van der Waals surface area contributed by atoms with Gasteiger partial charge in [0.15, 0.2) is 0 Å². The first-order valence-corrected chi connectivity index (χ1v) is 7.52. The number of rotatable bonds is 6. The van der Waals surface area contributed by atoms with Gasteiger partial charge in [0.2, 0.25) is 5.91 Å². The molecule has 1 aromatic rings. The summed E-state index contributed by atoms with van der Waals surface area (Å²) >= 11 is 0. The molecule has 1 amide bonds. The Hall–Kier alpha value is -1.89. The van der Waals surface area contributed by atoms with E-state index >= 15 is 0 Å². The molecule has 0 spiro atoms. The van der Waals surface area contributed by atoms with Crippen molar-refractivity contribution in [1.29, 1.82) is 0 Å². The predicted octanol–water partition coefficient (Wildman–Crippen LogP) is 1.11. The van der Waals surface area contributed by atoms with Gasteiger partial charge in [0.05, 0.1) is 11.6 Å². The van der Waals surface area contributed by atoms with Crippen molar-refractivity contribution < 1.29 is 19.4 Å². The molecular formula is C15H23N3O4. The van der Waals surface area contributed by atoms with Crippen LogP contribution in [0.1, 0.15) is 38.5 Å². The van der Waals surface area contributed by atoms with E-state index in [2.05, 4.69) is 10.4 Å². The van der Waals surface area contributed by atoms with E-state index in [1.165, 1.54) is 0 Å². The first kappa shape index (κ1) is 16.5. The van der Waals surface area contributed by atoms with Gasteiger partial charge in [-0.2, -0.15) is 5.10 Å². The molecule has 0 radical (unpaired) electrons. The summed E-state index contributed by atoms with van der Waals surface area (Å²) in [6.45, 7) is 4.34. The van der Waals surface area contributed by atoms with Gasteiger partial charge in [-0.05, 0) is 24.8 Å². The largest absolute Gasteiger partial charge is 0.480 e. The lowest BCUT2D eigenvalue weighted by Crippen LogP contribution is -2.45. The van der Waals surface area contributed by atoms with Crippen LogP contribution in [0.25, 0.3) is 0 Å². The molecular weight excluding hydrogens is 286 g/mol. The number of aryl methyl sites for hydroxylation is 1. The summed E-state index contributed by atoms with van der Waals surface area (Å²) in [6.07, 6.45) is 2.27. The average molecular weight is 309 g/mol. The number of carboxylic acid groups (broad SMARTS) is 1. The topological polar surface area (TPSA) is 93.5 Å². The van der Waals surface area contributed by atoms with Gasteiger partial charge >= 0.3 is 5.97 Å². The van der Waals surface area contributed by atoms with Crippen molar-refractivity contribution in [2.24, 2.45) is 18.9 Å². The highest BCUT2D eigenvalue weighted by atomic mass is 16.5. The van der Waals surface area contributed by atoms with Crippen molar-refractivity contribution in [1.82, 2.24) is 15.1 Å². The third-order valence-electron chi connectivity index (χ3n) is 3.90. The molecule has 0 unspecified atom stereocenters. The molecule has 1 fully saturated rings. The number of carbonyl (C=O) groups excluding carboxylic acids is 1. The highest BCUT2D eigenvalue weighted by Crippen LogP contribution is 2.34. The minimum atomic E-state index is -1.00. The van der Waals surface area contributed by atoms with Crippen molar-refractivity contribution in [2.75, 3.05) is 6.61 Å². The van der Waals surface area contributed by atoms with Gasteiger partial charge in [0, 0.05) is 19.9 Å². The lowest BCUT2D eigenvalue weighted by atomic mass is 9.96.